The topological polar surface area (TPSA) is 29.5 Å². The molecule has 0 bridgehead atoms. The van der Waals surface area contributed by atoms with Crippen molar-refractivity contribution in [3.63, 3.8) is 0 Å². The zero-order valence-electron chi connectivity index (χ0n) is 9.73. The van der Waals surface area contributed by atoms with Crippen molar-refractivity contribution in [1.82, 2.24) is 0 Å². The quantitative estimate of drug-likeness (QED) is 0.806. The van der Waals surface area contributed by atoms with Gasteiger partial charge in [0.25, 0.3) is 0 Å². The number of aryl methyl sites for hydroxylation is 1. The SMILES string of the molecule is CCC(C)OCC(O)c1ccc(C)cc1. The number of aliphatic hydroxyl groups excluding tert-OH is 1. The van der Waals surface area contributed by atoms with Gasteiger partial charge in [-0.15, -0.1) is 0 Å². The zero-order chi connectivity index (χ0) is 11.3. The van der Waals surface area contributed by atoms with Gasteiger partial charge in [-0.25, -0.2) is 0 Å². The van der Waals surface area contributed by atoms with Crippen molar-refractivity contribution < 1.29 is 9.84 Å². The summed E-state index contributed by atoms with van der Waals surface area (Å²) in [4.78, 5) is 0. The van der Waals surface area contributed by atoms with Gasteiger partial charge in [0.1, 0.15) is 6.10 Å². The van der Waals surface area contributed by atoms with Gasteiger partial charge >= 0.3 is 0 Å². The van der Waals surface area contributed by atoms with Gasteiger partial charge in [-0.1, -0.05) is 36.8 Å². The second kappa shape index (κ2) is 5.89. The predicted molar refractivity (Wildman–Crippen MR) is 61.8 cm³/mol. The molecule has 0 aromatic heterocycles. The van der Waals surface area contributed by atoms with Crippen LogP contribution in [0, 0.1) is 6.92 Å². The molecule has 0 fully saturated rings. The summed E-state index contributed by atoms with van der Waals surface area (Å²) in [5.74, 6) is 0. The zero-order valence-corrected chi connectivity index (χ0v) is 9.73. The molecule has 84 valence electrons. The second-order valence-electron chi connectivity index (χ2n) is 3.98. The van der Waals surface area contributed by atoms with Gasteiger partial charge in [-0.3, -0.25) is 0 Å². The Balaban J connectivity index is 2.46. The molecule has 0 aliphatic carbocycles. The third-order valence-electron chi connectivity index (χ3n) is 2.58. The van der Waals surface area contributed by atoms with Gasteiger partial charge in [-0.05, 0) is 25.8 Å². The third kappa shape index (κ3) is 4.02. The molecule has 0 amide bonds. The minimum atomic E-state index is -0.514. The fourth-order valence-corrected chi connectivity index (χ4v) is 1.26. The highest BCUT2D eigenvalue weighted by Gasteiger charge is 2.08. The molecule has 0 aliphatic heterocycles. The standard InChI is InChI=1S/C13H20O2/c1-4-11(3)15-9-13(14)12-7-5-10(2)6-8-12/h5-8,11,13-14H,4,9H2,1-3H3. The normalized spacial score (nSPS) is 14.9. The highest BCUT2D eigenvalue weighted by atomic mass is 16.5. The molecule has 0 heterocycles. The maximum absolute atomic E-state index is 9.83. The molecule has 0 saturated carbocycles. The van der Waals surface area contributed by atoms with Crippen LogP contribution >= 0.6 is 0 Å². The van der Waals surface area contributed by atoms with Crippen molar-refractivity contribution in [2.24, 2.45) is 0 Å². The van der Waals surface area contributed by atoms with E-state index < -0.39 is 6.10 Å². The van der Waals surface area contributed by atoms with Crippen LogP contribution in [0.1, 0.15) is 37.5 Å². The van der Waals surface area contributed by atoms with E-state index >= 15 is 0 Å². The molecular formula is C13H20O2. The fourth-order valence-electron chi connectivity index (χ4n) is 1.26. The molecular weight excluding hydrogens is 188 g/mol. The Labute approximate surface area is 91.9 Å². The average molecular weight is 208 g/mol. The number of hydrogen-bond donors (Lipinski definition) is 1. The Bertz CT molecular complexity index is 279. The number of ether oxygens (including phenoxy) is 1. The van der Waals surface area contributed by atoms with Gasteiger partial charge in [0, 0.05) is 0 Å². The first-order chi connectivity index (χ1) is 7.13. The van der Waals surface area contributed by atoms with Crippen LogP contribution in [0.15, 0.2) is 24.3 Å². The molecule has 2 unspecified atom stereocenters. The lowest BCUT2D eigenvalue weighted by Gasteiger charge is -2.15. The van der Waals surface area contributed by atoms with Crippen molar-refractivity contribution >= 4 is 0 Å². The van der Waals surface area contributed by atoms with E-state index in [4.69, 9.17) is 4.74 Å². The lowest BCUT2D eigenvalue weighted by atomic mass is 10.1. The summed E-state index contributed by atoms with van der Waals surface area (Å²) < 4.78 is 5.49. The Morgan fingerprint density at radius 1 is 1.27 bits per heavy atom. The monoisotopic (exact) mass is 208 g/mol. The molecule has 2 heteroatoms. The second-order valence-corrected chi connectivity index (χ2v) is 3.98. The summed E-state index contributed by atoms with van der Waals surface area (Å²) in [7, 11) is 0. The fraction of sp³-hybridized carbons (Fsp3) is 0.538. The molecule has 0 saturated heterocycles. The minimum Gasteiger partial charge on any atom is -0.386 e. The van der Waals surface area contributed by atoms with Crippen LogP contribution in [0.2, 0.25) is 0 Å². The Kier molecular flexibility index (Phi) is 4.79. The van der Waals surface area contributed by atoms with Crippen LogP contribution in [-0.2, 0) is 4.74 Å². The van der Waals surface area contributed by atoms with Crippen LogP contribution < -0.4 is 0 Å². The molecule has 0 spiro atoms. The predicted octanol–water partition coefficient (Wildman–Crippen LogP) is 2.84. The van der Waals surface area contributed by atoms with E-state index in [0.717, 1.165) is 12.0 Å². The summed E-state index contributed by atoms with van der Waals surface area (Å²) >= 11 is 0. The number of rotatable bonds is 5. The molecule has 1 rings (SSSR count). The molecule has 15 heavy (non-hydrogen) atoms. The van der Waals surface area contributed by atoms with Crippen molar-refractivity contribution in [2.75, 3.05) is 6.61 Å². The molecule has 1 aromatic carbocycles. The third-order valence-corrected chi connectivity index (χ3v) is 2.58. The number of benzene rings is 1. The number of hydrogen-bond acceptors (Lipinski definition) is 2. The van der Waals surface area contributed by atoms with Crippen molar-refractivity contribution in [1.29, 1.82) is 0 Å². The average Bonchev–Trinajstić information content (AvgIpc) is 2.26. The van der Waals surface area contributed by atoms with E-state index in [-0.39, 0.29) is 6.10 Å². The Morgan fingerprint density at radius 3 is 2.40 bits per heavy atom. The maximum Gasteiger partial charge on any atom is 0.102 e. The summed E-state index contributed by atoms with van der Waals surface area (Å²) in [5, 5.41) is 9.83. The summed E-state index contributed by atoms with van der Waals surface area (Å²) in [6.07, 6.45) is 0.672. The van der Waals surface area contributed by atoms with E-state index in [1.807, 2.05) is 38.1 Å². The van der Waals surface area contributed by atoms with Crippen LogP contribution in [-0.4, -0.2) is 17.8 Å². The van der Waals surface area contributed by atoms with Crippen LogP contribution in [0.4, 0.5) is 0 Å². The van der Waals surface area contributed by atoms with Crippen molar-refractivity contribution in [2.45, 2.75) is 39.4 Å². The van der Waals surface area contributed by atoms with Crippen molar-refractivity contribution in [3.05, 3.63) is 35.4 Å². The molecule has 2 nitrogen and oxygen atoms in total. The first-order valence-electron chi connectivity index (χ1n) is 5.49. The van der Waals surface area contributed by atoms with E-state index in [2.05, 4.69) is 6.92 Å². The van der Waals surface area contributed by atoms with E-state index in [0.29, 0.717) is 6.61 Å². The highest BCUT2D eigenvalue weighted by Crippen LogP contribution is 2.14. The van der Waals surface area contributed by atoms with E-state index in [1.165, 1.54) is 5.56 Å². The Morgan fingerprint density at radius 2 is 1.87 bits per heavy atom. The number of aliphatic hydroxyl groups is 1. The minimum absolute atomic E-state index is 0.213. The van der Waals surface area contributed by atoms with E-state index in [9.17, 15) is 5.11 Å². The first kappa shape index (κ1) is 12.2. The lowest BCUT2D eigenvalue weighted by molar-refractivity contribution is -0.00375. The lowest BCUT2D eigenvalue weighted by Crippen LogP contribution is -2.13. The first-order valence-corrected chi connectivity index (χ1v) is 5.49. The largest absolute Gasteiger partial charge is 0.386 e. The molecule has 0 radical (unpaired) electrons. The summed E-state index contributed by atoms with van der Waals surface area (Å²) in [5.41, 5.74) is 2.12. The summed E-state index contributed by atoms with van der Waals surface area (Å²) in [6, 6.07) is 7.89. The maximum atomic E-state index is 9.83. The van der Waals surface area contributed by atoms with E-state index in [1.54, 1.807) is 0 Å². The van der Waals surface area contributed by atoms with Crippen molar-refractivity contribution in [3.8, 4) is 0 Å². The molecule has 1 aromatic rings. The molecule has 0 aliphatic rings. The molecule has 2 atom stereocenters. The van der Waals surface area contributed by atoms with Gasteiger partial charge in [0.2, 0.25) is 0 Å². The van der Waals surface area contributed by atoms with Crippen LogP contribution in [0.25, 0.3) is 0 Å². The van der Waals surface area contributed by atoms with Gasteiger partial charge in [0.15, 0.2) is 0 Å². The van der Waals surface area contributed by atoms with Gasteiger partial charge < -0.3 is 9.84 Å². The summed E-state index contributed by atoms with van der Waals surface area (Å²) in [6.45, 7) is 6.49. The van der Waals surface area contributed by atoms with Gasteiger partial charge in [-0.2, -0.15) is 0 Å². The van der Waals surface area contributed by atoms with Gasteiger partial charge in [0.05, 0.1) is 12.7 Å². The highest BCUT2D eigenvalue weighted by molar-refractivity contribution is 5.23. The molecule has 1 N–H and O–H groups in total. The van der Waals surface area contributed by atoms with Crippen LogP contribution in [0.3, 0.4) is 0 Å². The Hall–Kier alpha value is -0.860. The van der Waals surface area contributed by atoms with Crippen LogP contribution in [0.5, 0.6) is 0 Å². The smallest absolute Gasteiger partial charge is 0.102 e.